The van der Waals surface area contributed by atoms with E-state index in [9.17, 15) is 19.5 Å². The third-order valence-electron chi connectivity index (χ3n) is 5.50. The summed E-state index contributed by atoms with van der Waals surface area (Å²) in [5.41, 5.74) is 2.61. The predicted octanol–water partition coefficient (Wildman–Crippen LogP) is 4.02. The van der Waals surface area contributed by atoms with Gasteiger partial charge in [0.25, 0.3) is 0 Å². The fraction of sp³-hybridized carbons (Fsp3) is 0.400. The SMILES string of the molecule is CC(C)C[C@H](NC(=O)CC1CCc2cc(OCc3ccccc3)ccc2C1=O)C(=O)O. The lowest BCUT2D eigenvalue weighted by Crippen LogP contribution is -2.43. The van der Waals surface area contributed by atoms with E-state index in [1.165, 1.54) is 0 Å². The van der Waals surface area contributed by atoms with Crippen molar-refractivity contribution in [2.45, 2.75) is 52.2 Å². The van der Waals surface area contributed by atoms with Gasteiger partial charge in [0, 0.05) is 17.9 Å². The van der Waals surface area contributed by atoms with E-state index in [0.717, 1.165) is 11.1 Å². The average molecular weight is 424 g/mol. The molecule has 0 spiro atoms. The van der Waals surface area contributed by atoms with Gasteiger partial charge in [0.1, 0.15) is 18.4 Å². The second-order valence-corrected chi connectivity index (χ2v) is 8.49. The average Bonchev–Trinajstić information content (AvgIpc) is 2.74. The van der Waals surface area contributed by atoms with E-state index in [2.05, 4.69) is 5.32 Å². The molecule has 3 rings (SSSR count). The van der Waals surface area contributed by atoms with Crippen molar-refractivity contribution in [3.8, 4) is 5.75 Å². The summed E-state index contributed by atoms with van der Waals surface area (Å²) >= 11 is 0. The van der Waals surface area contributed by atoms with Crippen LogP contribution in [0.1, 0.15) is 54.6 Å². The first-order valence-electron chi connectivity index (χ1n) is 10.7. The summed E-state index contributed by atoms with van der Waals surface area (Å²) in [5.74, 6) is -1.09. The molecule has 1 aliphatic carbocycles. The summed E-state index contributed by atoms with van der Waals surface area (Å²) in [6, 6.07) is 14.4. The first-order chi connectivity index (χ1) is 14.8. The summed E-state index contributed by atoms with van der Waals surface area (Å²) < 4.78 is 5.85. The third-order valence-corrected chi connectivity index (χ3v) is 5.50. The number of benzene rings is 2. The summed E-state index contributed by atoms with van der Waals surface area (Å²) in [6.07, 6.45) is 1.60. The highest BCUT2D eigenvalue weighted by molar-refractivity contribution is 6.02. The Morgan fingerprint density at radius 3 is 2.58 bits per heavy atom. The van der Waals surface area contributed by atoms with Gasteiger partial charge in [-0.3, -0.25) is 9.59 Å². The van der Waals surface area contributed by atoms with Crippen molar-refractivity contribution >= 4 is 17.7 Å². The van der Waals surface area contributed by atoms with E-state index in [1.807, 2.05) is 50.2 Å². The van der Waals surface area contributed by atoms with Gasteiger partial charge < -0.3 is 15.2 Å². The number of rotatable bonds is 9. The van der Waals surface area contributed by atoms with E-state index in [0.29, 0.717) is 37.2 Å². The molecule has 0 bridgehead atoms. The normalized spacial score (nSPS) is 16.5. The predicted molar refractivity (Wildman–Crippen MR) is 117 cm³/mol. The summed E-state index contributed by atoms with van der Waals surface area (Å²) in [6.45, 7) is 4.26. The van der Waals surface area contributed by atoms with Crippen LogP contribution in [0.4, 0.5) is 0 Å². The lowest BCUT2D eigenvalue weighted by Gasteiger charge is -2.24. The topological polar surface area (TPSA) is 92.7 Å². The van der Waals surface area contributed by atoms with Crippen molar-refractivity contribution < 1.29 is 24.2 Å². The van der Waals surface area contributed by atoms with Crippen LogP contribution in [0, 0.1) is 11.8 Å². The van der Waals surface area contributed by atoms with E-state index >= 15 is 0 Å². The quantitative estimate of drug-likeness (QED) is 0.636. The van der Waals surface area contributed by atoms with Gasteiger partial charge in [-0.15, -0.1) is 0 Å². The number of nitrogens with one attached hydrogen (secondary N) is 1. The lowest BCUT2D eigenvalue weighted by molar-refractivity contribution is -0.142. The van der Waals surface area contributed by atoms with Crippen LogP contribution in [-0.2, 0) is 22.6 Å². The van der Waals surface area contributed by atoms with E-state index < -0.39 is 23.8 Å². The molecule has 0 fully saturated rings. The van der Waals surface area contributed by atoms with Crippen molar-refractivity contribution in [2.75, 3.05) is 0 Å². The fourth-order valence-corrected chi connectivity index (χ4v) is 3.89. The number of aliphatic carboxylic acids is 1. The molecule has 0 aliphatic heterocycles. The summed E-state index contributed by atoms with van der Waals surface area (Å²) in [7, 11) is 0. The molecule has 2 aromatic carbocycles. The highest BCUT2D eigenvalue weighted by atomic mass is 16.5. The van der Waals surface area contributed by atoms with Crippen LogP contribution in [0.5, 0.6) is 5.75 Å². The van der Waals surface area contributed by atoms with E-state index in [1.54, 1.807) is 12.1 Å². The molecular weight excluding hydrogens is 394 g/mol. The molecule has 6 heteroatoms. The standard InChI is InChI=1S/C25H29NO5/c1-16(2)12-22(25(29)30)26-23(27)14-19-9-8-18-13-20(10-11-21(18)24(19)28)31-15-17-6-4-3-5-7-17/h3-7,10-11,13,16,19,22H,8-9,12,14-15H2,1-2H3,(H,26,27)(H,29,30)/t19?,22-/m0/s1. The van der Waals surface area contributed by atoms with Gasteiger partial charge in [0.15, 0.2) is 5.78 Å². The fourth-order valence-electron chi connectivity index (χ4n) is 3.89. The van der Waals surface area contributed by atoms with Gasteiger partial charge in [-0.25, -0.2) is 4.79 Å². The molecule has 31 heavy (non-hydrogen) atoms. The molecule has 0 radical (unpaired) electrons. The van der Waals surface area contributed by atoms with Crippen molar-refractivity contribution in [3.05, 3.63) is 65.2 Å². The first kappa shape index (κ1) is 22.5. The lowest BCUT2D eigenvalue weighted by atomic mass is 9.81. The van der Waals surface area contributed by atoms with Gasteiger partial charge in [0.2, 0.25) is 5.91 Å². The Balaban J connectivity index is 1.59. The Morgan fingerprint density at radius 2 is 1.90 bits per heavy atom. The van der Waals surface area contributed by atoms with Crippen molar-refractivity contribution in [2.24, 2.45) is 11.8 Å². The molecule has 164 valence electrons. The molecule has 2 N–H and O–H groups in total. The van der Waals surface area contributed by atoms with Gasteiger partial charge >= 0.3 is 5.97 Å². The number of hydrogen-bond acceptors (Lipinski definition) is 4. The van der Waals surface area contributed by atoms with Crippen LogP contribution in [0.25, 0.3) is 0 Å². The van der Waals surface area contributed by atoms with E-state index in [-0.39, 0.29) is 18.1 Å². The van der Waals surface area contributed by atoms with Crippen LogP contribution in [0.3, 0.4) is 0 Å². The Labute approximate surface area is 182 Å². The van der Waals surface area contributed by atoms with Crippen molar-refractivity contribution in [1.82, 2.24) is 5.32 Å². The second kappa shape index (κ2) is 10.2. The number of Topliss-reactive ketones (excluding diaryl/α,β-unsaturated/α-hetero) is 1. The largest absolute Gasteiger partial charge is 0.489 e. The minimum atomic E-state index is -1.05. The number of amides is 1. The molecule has 1 amide bonds. The molecule has 1 unspecified atom stereocenters. The number of aryl methyl sites for hydroxylation is 1. The van der Waals surface area contributed by atoms with Gasteiger partial charge in [-0.1, -0.05) is 44.2 Å². The number of carboxylic acids is 1. The van der Waals surface area contributed by atoms with E-state index in [4.69, 9.17) is 4.74 Å². The Hall–Kier alpha value is -3.15. The minimum absolute atomic E-state index is 0.00636. The van der Waals surface area contributed by atoms with Gasteiger partial charge in [-0.2, -0.15) is 0 Å². The van der Waals surface area contributed by atoms with Crippen LogP contribution in [0.15, 0.2) is 48.5 Å². The van der Waals surface area contributed by atoms with Crippen molar-refractivity contribution in [1.29, 1.82) is 0 Å². The maximum absolute atomic E-state index is 12.9. The Morgan fingerprint density at radius 1 is 1.16 bits per heavy atom. The third kappa shape index (κ3) is 6.17. The molecule has 0 heterocycles. The molecule has 2 aromatic rings. The monoisotopic (exact) mass is 423 g/mol. The Bertz CT molecular complexity index is 938. The number of fused-ring (bicyclic) bond motifs is 1. The van der Waals surface area contributed by atoms with Gasteiger partial charge in [-0.05, 0) is 54.5 Å². The summed E-state index contributed by atoms with van der Waals surface area (Å²) in [5, 5.41) is 11.9. The highest BCUT2D eigenvalue weighted by Gasteiger charge is 2.30. The number of carbonyl (C=O) groups is 3. The number of carboxylic acid groups (broad SMARTS) is 1. The molecule has 1 aliphatic rings. The minimum Gasteiger partial charge on any atom is -0.489 e. The molecule has 0 saturated carbocycles. The highest BCUT2D eigenvalue weighted by Crippen LogP contribution is 2.30. The number of ketones is 1. The van der Waals surface area contributed by atoms with Gasteiger partial charge in [0.05, 0.1) is 0 Å². The number of hydrogen-bond donors (Lipinski definition) is 2. The van der Waals surface area contributed by atoms with Crippen LogP contribution in [0.2, 0.25) is 0 Å². The van der Waals surface area contributed by atoms with Crippen LogP contribution in [-0.4, -0.2) is 28.8 Å². The number of ether oxygens (including phenoxy) is 1. The zero-order valence-electron chi connectivity index (χ0n) is 18.0. The van der Waals surface area contributed by atoms with Crippen LogP contribution >= 0.6 is 0 Å². The second-order valence-electron chi connectivity index (χ2n) is 8.49. The molecule has 2 atom stereocenters. The zero-order chi connectivity index (χ0) is 22.4. The molecule has 0 saturated heterocycles. The summed E-state index contributed by atoms with van der Waals surface area (Å²) in [4.78, 5) is 36.7. The van der Waals surface area contributed by atoms with Crippen molar-refractivity contribution in [3.63, 3.8) is 0 Å². The smallest absolute Gasteiger partial charge is 0.326 e. The Kier molecular flexibility index (Phi) is 7.45. The molecule has 0 aromatic heterocycles. The van der Waals surface area contributed by atoms with Crippen LogP contribution < -0.4 is 10.1 Å². The maximum Gasteiger partial charge on any atom is 0.326 e. The molecule has 6 nitrogen and oxygen atoms in total. The molecular formula is C25H29NO5. The first-order valence-corrected chi connectivity index (χ1v) is 10.7. The maximum atomic E-state index is 12.9. The number of carbonyl (C=O) groups excluding carboxylic acids is 2. The zero-order valence-corrected chi connectivity index (χ0v) is 18.0.